The predicted molar refractivity (Wildman–Crippen MR) is 125 cm³/mol. The standard InChI is InChI=1S/C23H23ClN4O4/c1-32-14-22(29)25-16-5-6-20-18(12-16)19(23(30)31)13-21(26-20)28-9-7-27(8-10-28)17-4-2-3-15(24)11-17/h2-6,11-13H,7-10,14H2,1H3,(H,25,29)(H,30,31). The highest BCUT2D eigenvalue weighted by Crippen LogP contribution is 2.28. The lowest BCUT2D eigenvalue weighted by Crippen LogP contribution is -2.46. The lowest BCUT2D eigenvalue weighted by Gasteiger charge is -2.37. The van der Waals surface area contributed by atoms with Crippen LogP contribution in [-0.2, 0) is 9.53 Å². The number of carbonyl (C=O) groups is 2. The molecule has 1 aliphatic heterocycles. The molecule has 0 spiro atoms. The van der Waals surface area contributed by atoms with Gasteiger partial charge >= 0.3 is 5.97 Å². The van der Waals surface area contributed by atoms with Gasteiger partial charge in [-0.2, -0.15) is 0 Å². The zero-order valence-corrected chi connectivity index (χ0v) is 18.3. The van der Waals surface area contributed by atoms with Gasteiger partial charge < -0.3 is 25.0 Å². The Hall–Kier alpha value is -3.36. The van der Waals surface area contributed by atoms with E-state index in [0.29, 0.717) is 40.5 Å². The second-order valence-electron chi connectivity index (χ2n) is 7.50. The van der Waals surface area contributed by atoms with Crippen LogP contribution in [0.5, 0.6) is 0 Å². The number of carbonyl (C=O) groups excluding carboxylic acids is 1. The minimum absolute atomic E-state index is 0.0812. The van der Waals surface area contributed by atoms with Crippen molar-refractivity contribution in [3.05, 3.63) is 59.1 Å². The van der Waals surface area contributed by atoms with Gasteiger partial charge in [0.15, 0.2) is 0 Å². The Kier molecular flexibility index (Phi) is 6.43. The fraction of sp³-hybridized carbons (Fsp3) is 0.261. The molecule has 32 heavy (non-hydrogen) atoms. The molecule has 0 saturated carbocycles. The van der Waals surface area contributed by atoms with E-state index in [1.165, 1.54) is 7.11 Å². The van der Waals surface area contributed by atoms with Gasteiger partial charge in [-0.25, -0.2) is 9.78 Å². The first-order valence-corrected chi connectivity index (χ1v) is 10.5. The number of nitrogens with one attached hydrogen (secondary N) is 1. The van der Waals surface area contributed by atoms with Crippen molar-refractivity contribution in [1.82, 2.24) is 4.98 Å². The topological polar surface area (TPSA) is 95.0 Å². The molecule has 3 aromatic rings. The third-order valence-electron chi connectivity index (χ3n) is 5.36. The number of hydrogen-bond donors (Lipinski definition) is 2. The number of fused-ring (bicyclic) bond motifs is 1. The van der Waals surface area contributed by atoms with Gasteiger partial charge in [0.25, 0.3) is 0 Å². The summed E-state index contributed by atoms with van der Waals surface area (Å²) in [6, 6.07) is 14.4. The molecule has 0 bridgehead atoms. The van der Waals surface area contributed by atoms with E-state index in [2.05, 4.69) is 15.1 Å². The van der Waals surface area contributed by atoms with Crippen molar-refractivity contribution in [3.8, 4) is 0 Å². The number of hydrogen-bond acceptors (Lipinski definition) is 6. The lowest BCUT2D eigenvalue weighted by molar-refractivity contribution is -0.119. The summed E-state index contributed by atoms with van der Waals surface area (Å²) in [5.41, 5.74) is 2.26. The number of piperazine rings is 1. The Balaban J connectivity index is 1.57. The maximum atomic E-state index is 12.0. The van der Waals surface area contributed by atoms with Crippen LogP contribution >= 0.6 is 11.6 Å². The summed E-state index contributed by atoms with van der Waals surface area (Å²) in [6.45, 7) is 2.87. The number of carboxylic acid groups (broad SMARTS) is 1. The van der Waals surface area contributed by atoms with Crippen LogP contribution in [0.4, 0.5) is 17.2 Å². The van der Waals surface area contributed by atoms with Gasteiger partial charge in [-0.3, -0.25) is 4.79 Å². The summed E-state index contributed by atoms with van der Waals surface area (Å²) in [4.78, 5) is 32.8. The molecular formula is C23H23ClN4O4. The van der Waals surface area contributed by atoms with Crippen molar-refractivity contribution in [1.29, 1.82) is 0 Å². The lowest BCUT2D eigenvalue weighted by atomic mass is 10.1. The summed E-state index contributed by atoms with van der Waals surface area (Å²) in [5.74, 6) is -0.737. The molecule has 2 aromatic carbocycles. The fourth-order valence-electron chi connectivity index (χ4n) is 3.82. The van der Waals surface area contributed by atoms with Crippen molar-refractivity contribution in [2.24, 2.45) is 0 Å². The van der Waals surface area contributed by atoms with E-state index in [1.54, 1.807) is 24.3 Å². The van der Waals surface area contributed by atoms with Crippen LogP contribution in [0.2, 0.25) is 5.02 Å². The second-order valence-corrected chi connectivity index (χ2v) is 7.94. The van der Waals surface area contributed by atoms with Gasteiger partial charge in [0.1, 0.15) is 12.4 Å². The van der Waals surface area contributed by atoms with Gasteiger partial charge in [-0.1, -0.05) is 17.7 Å². The zero-order chi connectivity index (χ0) is 22.7. The largest absolute Gasteiger partial charge is 0.478 e. The van der Waals surface area contributed by atoms with Crippen molar-refractivity contribution in [2.75, 3.05) is 55.0 Å². The number of carboxylic acids is 1. The average Bonchev–Trinajstić information content (AvgIpc) is 2.78. The number of benzene rings is 2. The molecule has 0 atom stereocenters. The predicted octanol–water partition coefficient (Wildman–Crippen LogP) is 3.50. The number of amides is 1. The van der Waals surface area contributed by atoms with E-state index in [1.807, 2.05) is 24.3 Å². The molecule has 9 heteroatoms. The van der Waals surface area contributed by atoms with E-state index in [9.17, 15) is 14.7 Å². The highest BCUT2D eigenvalue weighted by atomic mass is 35.5. The number of halogens is 1. The van der Waals surface area contributed by atoms with Crippen LogP contribution in [0.25, 0.3) is 10.9 Å². The van der Waals surface area contributed by atoms with Crippen LogP contribution in [0.15, 0.2) is 48.5 Å². The molecule has 0 radical (unpaired) electrons. The van der Waals surface area contributed by atoms with Crippen molar-refractivity contribution in [2.45, 2.75) is 0 Å². The number of rotatable bonds is 6. The van der Waals surface area contributed by atoms with E-state index in [0.717, 1.165) is 18.8 Å². The van der Waals surface area contributed by atoms with Gasteiger partial charge in [0, 0.05) is 55.1 Å². The van der Waals surface area contributed by atoms with Crippen LogP contribution in [0.3, 0.4) is 0 Å². The smallest absolute Gasteiger partial charge is 0.336 e. The molecule has 1 saturated heterocycles. The first-order chi connectivity index (χ1) is 15.4. The van der Waals surface area contributed by atoms with Crippen LogP contribution in [-0.4, -0.2) is 61.9 Å². The second kappa shape index (κ2) is 9.42. The summed E-state index contributed by atoms with van der Waals surface area (Å²) < 4.78 is 4.82. The Morgan fingerprint density at radius 3 is 2.53 bits per heavy atom. The fourth-order valence-corrected chi connectivity index (χ4v) is 4.01. The molecule has 1 aliphatic rings. The number of aromatic nitrogens is 1. The summed E-state index contributed by atoms with van der Waals surface area (Å²) in [7, 11) is 1.43. The number of anilines is 3. The highest BCUT2D eigenvalue weighted by molar-refractivity contribution is 6.30. The minimum Gasteiger partial charge on any atom is -0.478 e. The number of pyridine rings is 1. The molecule has 8 nitrogen and oxygen atoms in total. The van der Waals surface area contributed by atoms with Gasteiger partial charge in [0.05, 0.1) is 11.1 Å². The van der Waals surface area contributed by atoms with Crippen LogP contribution in [0.1, 0.15) is 10.4 Å². The molecule has 4 rings (SSSR count). The van der Waals surface area contributed by atoms with Gasteiger partial charge in [0.2, 0.25) is 5.91 Å². The number of nitrogens with zero attached hydrogens (tertiary/aromatic N) is 3. The summed E-state index contributed by atoms with van der Waals surface area (Å²) in [6.07, 6.45) is 0. The first-order valence-electron chi connectivity index (χ1n) is 10.2. The summed E-state index contributed by atoms with van der Waals surface area (Å²) in [5, 5.41) is 13.7. The molecule has 2 N–H and O–H groups in total. The van der Waals surface area contributed by atoms with Crippen molar-refractivity contribution >= 4 is 51.6 Å². The molecule has 166 valence electrons. The quantitative estimate of drug-likeness (QED) is 0.588. The average molecular weight is 455 g/mol. The maximum Gasteiger partial charge on any atom is 0.336 e. The van der Waals surface area contributed by atoms with E-state index < -0.39 is 5.97 Å². The van der Waals surface area contributed by atoms with E-state index >= 15 is 0 Å². The maximum absolute atomic E-state index is 12.0. The highest BCUT2D eigenvalue weighted by Gasteiger charge is 2.21. The third kappa shape index (κ3) is 4.76. The van der Waals surface area contributed by atoms with Crippen LogP contribution in [0, 0.1) is 0 Å². The molecular weight excluding hydrogens is 432 g/mol. The summed E-state index contributed by atoms with van der Waals surface area (Å²) >= 11 is 6.11. The monoisotopic (exact) mass is 454 g/mol. The van der Waals surface area contributed by atoms with Gasteiger partial charge in [-0.15, -0.1) is 0 Å². The minimum atomic E-state index is -1.04. The number of aromatic carboxylic acids is 1. The molecule has 1 fully saturated rings. The molecule has 1 aromatic heterocycles. The van der Waals surface area contributed by atoms with E-state index in [-0.39, 0.29) is 18.1 Å². The Morgan fingerprint density at radius 1 is 1.09 bits per heavy atom. The van der Waals surface area contributed by atoms with Crippen molar-refractivity contribution in [3.63, 3.8) is 0 Å². The Bertz CT molecular complexity index is 1160. The first kappa shape index (κ1) is 21.9. The Morgan fingerprint density at radius 2 is 1.84 bits per heavy atom. The molecule has 0 aliphatic carbocycles. The molecule has 2 heterocycles. The Labute approximate surface area is 190 Å². The van der Waals surface area contributed by atoms with Crippen molar-refractivity contribution < 1.29 is 19.4 Å². The molecule has 0 unspecified atom stereocenters. The van der Waals surface area contributed by atoms with Crippen LogP contribution < -0.4 is 15.1 Å². The normalized spacial score (nSPS) is 13.9. The SMILES string of the molecule is COCC(=O)Nc1ccc2nc(N3CCN(c4cccc(Cl)c4)CC3)cc(C(=O)O)c2c1. The number of methoxy groups -OCH3 is 1. The zero-order valence-electron chi connectivity index (χ0n) is 17.5. The number of ether oxygens (including phenoxy) is 1. The van der Waals surface area contributed by atoms with E-state index in [4.69, 9.17) is 21.3 Å². The van der Waals surface area contributed by atoms with Gasteiger partial charge in [-0.05, 0) is 42.5 Å². The third-order valence-corrected chi connectivity index (χ3v) is 5.60. The molecule has 1 amide bonds.